The molecule has 1 aromatic carbocycles. The predicted molar refractivity (Wildman–Crippen MR) is 147 cm³/mol. The predicted octanol–water partition coefficient (Wildman–Crippen LogP) is 4.95. The standard InChI is InChI=1S/C28H30ClF3N2O6S/c1-25(2,3)41(38)34-26(4)14-40-23-19(26)13-22(33-24(23)29)27(37,28(30,31)32)9-8-20(36)16-10-15-6-7-17(35)12-18(15)21(11-16)39-5/h6-7,10-11,13,34,37H,8-9,12,14H2,1-5H3. The molecule has 3 atom stereocenters. The molecular weight excluding hydrogens is 585 g/mol. The molecule has 8 nitrogen and oxygen atoms in total. The number of rotatable bonds is 8. The Morgan fingerprint density at radius 2 is 1.93 bits per heavy atom. The van der Waals surface area contributed by atoms with Gasteiger partial charge in [-0.05, 0) is 64.0 Å². The van der Waals surface area contributed by atoms with E-state index in [1.54, 1.807) is 27.7 Å². The molecule has 0 amide bonds. The lowest BCUT2D eigenvalue weighted by Gasteiger charge is -2.32. The van der Waals surface area contributed by atoms with Crippen molar-refractivity contribution in [2.75, 3.05) is 13.7 Å². The normalized spacial score (nSPS) is 20.6. The number of hydrogen-bond acceptors (Lipinski definition) is 7. The van der Waals surface area contributed by atoms with Crippen LogP contribution in [-0.2, 0) is 33.3 Å². The van der Waals surface area contributed by atoms with Crippen molar-refractivity contribution in [3.05, 3.63) is 57.4 Å². The first-order valence-corrected chi connectivity index (χ1v) is 14.2. The number of benzene rings is 1. The van der Waals surface area contributed by atoms with Crippen molar-refractivity contribution < 1.29 is 41.5 Å². The first-order valence-electron chi connectivity index (χ1n) is 12.7. The van der Waals surface area contributed by atoms with Gasteiger partial charge in [0.2, 0.25) is 5.60 Å². The van der Waals surface area contributed by atoms with E-state index in [0.717, 1.165) is 6.07 Å². The van der Waals surface area contributed by atoms with Crippen LogP contribution in [-0.4, -0.2) is 50.5 Å². The third-order valence-corrected chi connectivity index (χ3v) is 9.10. The quantitative estimate of drug-likeness (QED) is 0.319. The number of hydrogen-bond donors (Lipinski definition) is 2. The monoisotopic (exact) mass is 614 g/mol. The third kappa shape index (κ3) is 5.93. The lowest BCUT2D eigenvalue weighted by molar-refractivity contribution is -0.270. The zero-order chi connectivity index (χ0) is 30.5. The number of aromatic nitrogens is 1. The van der Waals surface area contributed by atoms with Crippen LogP contribution in [0.3, 0.4) is 0 Å². The van der Waals surface area contributed by atoms with Crippen LogP contribution in [0.1, 0.15) is 73.3 Å². The molecule has 1 aliphatic heterocycles. The van der Waals surface area contributed by atoms with Gasteiger partial charge in [-0.15, -0.1) is 0 Å². The van der Waals surface area contributed by atoms with Crippen LogP contribution in [0.25, 0.3) is 6.08 Å². The van der Waals surface area contributed by atoms with Crippen molar-refractivity contribution >= 4 is 40.2 Å². The van der Waals surface area contributed by atoms with E-state index in [-0.39, 0.29) is 41.4 Å². The van der Waals surface area contributed by atoms with E-state index in [1.165, 1.54) is 31.4 Å². The summed E-state index contributed by atoms with van der Waals surface area (Å²) >= 11 is 6.22. The summed E-state index contributed by atoms with van der Waals surface area (Å²) in [6, 6.07) is 3.88. The molecule has 2 aromatic rings. The number of nitrogens with one attached hydrogen (secondary N) is 1. The van der Waals surface area contributed by atoms with Crippen molar-refractivity contribution in [3.63, 3.8) is 0 Å². The van der Waals surface area contributed by atoms with Gasteiger partial charge in [0.05, 0.1) is 34.1 Å². The highest BCUT2D eigenvalue weighted by Crippen LogP contribution is 2.48. The lowest BCUT2D eigenvalue weighted by Crippen LogP contribution is -2.47. The van der Waals surface area contributed by atoms with Crippen molar-refractivity contribution in [2.24, 2.45) is 0 Å². The number of pyridine rings is 1. The van der Waals surface area contributed by atoms with Gasteiger partial charge in [0.15, 0.2) is 22.5 Å². The van der Waals surface area contributed by atoms with Crippen molar-refractivity contribution in [1.29, 1.82) is 0 Å². The number of ether oxygens (including phenoxy) is 2. The Bertz CT molecular complexity index is 1470. The summed E-state index contributed by atoms with van der Waals surface area (Å²) in [6.07, 6.45) is -4.04. The van der Waals surface area contributed by atoms with Gasteiger partial charge >= 0.3 is 6.18 Å². The van der Waals surface area contributed by atoms with Crippen LogP contribution >= 0.6 is 11.6 Å². The Labute approximate surface area is 242 Å². The Kier molecular flexibility index (Phi) is 8.20. The minimum atomic E-state index is -5.23. The Morgan fingerprint density at radius 3 is 2.54 bits per heavy atom. The number of alkyl halides is 3. The van der Waals surface area contributed by atoms with Crippen molar-refractivity contribution in [2.45, 2.75) is 69.0 Å². The average Bonchev–Trinajstić information content (AvgIpc) is 3.21. The highest BCUT2D eigenvalue weighted by Gasteiger charge is 2.57. The highest BCUT2D eigenvalue weighted by atomic mass is 35.5. The molecule has 0 radical (unpaired) electrons. The summed E-state index contributed by atoms with van der Waals surface area (Å²) in [6.45, 7) is 6.71. The SMILES string of the molecule is COc1cc(C(=O)CCC(O)(c2cc3c(c(Cl)n2)OCC3(C)NS(=O)C(C)(C)C)C(F)(F)F)cc2c1CC(=O)C=C2. The summed E-state index contributed by atoms with van der Waals surface area (Å²) in [7, 11) is -0.256. The number of aliphatic hydroxyl groups is 1. The minimum absolute atomic E-state index is 0.0182. The summed E-state index contributed by atoms with van der Waals surface area (Å²) in [5, 5.41) is 10.7. The van der Waals surface area contributed by atoms with E-state index in [1.807, 2.05) is 0 Å². The minimum Gasteiger partial charge on any atom is -0.496 e. The van der Waals surface area contributed by atoms with E-state index in [9.17, 15) is 32.1 Å². The molecule has 0 spiro atoms. The third-order valence-electron chi connectivity index (χ3n) is 7.10. The number of methoxy groups -OCH3 is 1. The molecule has 0 saturated heterocycles. The van der Waals surface area contributed by atoms with Gasteiger partial charge in [-0.1, -0.05) is 17.7 Å². The molecule has 4 rings (SSSR count). The molecule has 0 fully saturated rings. The summed E-state index contributed by atoms with van der Waals surface area (Å²) in [5.41, 5.74) is -4.22. The van der Waals surface area contributed by atoms with Gasteiger partial charge in [0.1, 0.15) is 12.4 Å². The molecular formula is C28H30ClF3N2O6S. The smallest absolute Gasteiger partial charge is 0.422 e. The van der Waals surface area contributed by atoms with E-state index in [4.69, 9.17) is 21.1 Å². The van der Waals surface area contributed by atoms with Crippen molar-refractivity contribution in [1.82, 2.24) is 9.71 Å². The number of carbonyl (C=O) groups excluding carboxylic acids is 2. The van der Waals surface area contributed by atoms with Gasteiger partial charge in [-0.2, -0.15) is 13.2 Å². The molecule has 0 bridgehead atoms. The summed E-state index contributed by atoms with van der Waals surface area (Å²) < 4.78 is 69.3. The van der Waals surface area contributed by atoms with E-state index < -0.39 is 62.5 Å². The Hall–Kier alpha value is -2.80. The van der Waals surface area contributed by atoms with Gasteiger partial charge in [0.25, 0.3) is 0 Å². The van der Waals surface area contributed by atoms with Crippen LogP contribution in [0.5, 0.6) is 11.5 Å². The zero-order valence-corrected chi connectivity index (χ0v) is 24.6. The van der Waals surface area contributed by atoms with Crippen LogP contribution in [0, 0.1) is 0 Å². The fourth-order valence-corrected chi connectivity index (χ4v) is 5.75. The first kappa shape index (κ1) is 31.1. The topological polar surface area (TPSA) is 115 Å². The molecule has 1 aromatic heterocycles. The second kappa shape index (κ2) is 10.8. The van der Waals surface area contributed by atoms with E-state index >= 15 is 0 Å². The van der Waals surface area contributed by atoms with Crippen molar-refractivity contribution in [3.8, 4) is 11.5 Å². The van der Waals surface area contributed by atoms with Gasteiger partial charge in [-0.25, -0.2) is 13.9 Å². The number of halogens is 4. The highest BCUT2D eigenvalue weighted by molar-refractivity contribution is 7.84. The van der Waals surface area contributed by atoms with Gasteiger partial charge in [0, 0.05) is 29.5 Å². The molecule has 3 unspecified atom stereocenters. The van der Waals surface area contributed by atoms with Crippen LogP contribution < -0.4 is 14.2 Å². The molecule has 1 aliphatic carbocycles. The Morgan fingerprint density at radius 1 is 1.24 bits per heavy atom. The Balaban J connectivity index is 1.67. The lowest BCUT2D eigenvalue weighted by atomic mass is 9.86. The molecule has 13 heteroatoms. The first-order chi connectivity index (χ1) is 18.9. The second-order valence-corrected chi connectivity index (χ2v) is 13.6. The fraction of sp³-hybridized carbons (Fsp3) is 0.464. The number of nitrogens with zero attached hydrogens (tertiary/aromatic N) is 1. The fourth-order valence-electron chi connectivity index (χ4n) is 4.62. The zero-order valence-electron chi connectivity index (χ0n) is 23.1. The maximum Gasteiger partial charge on any atom is 0.422 e. The maximum absolute atomic E-state index is 14.5. The van der Waals surface area contributed by atoms with E-state index in [2.05, 4.69) is 9.71 Å². The molecule has 41 heavy (non-hydrogen) atoms. The molecule has 2 aliphatic rings. The summed E-state index contributed by atoms with van der Waals surface area (Å²) in [5.74, 6) is -0.542. The number of allylic oxidation sites excluding steroid dienone is 1. The average molecular weight is 615 g/mol. The number of fused-ring (bicyclic) bond motifs is 2. The maximum atomic E-state index is 14.5. The van der Waals surface area contributed by atoms with E-state index in [0.29, 0.717) is 11.1 Å². The van der Waals surface area contributed by atoms with Crippen LogP contribution in [0.4, 0.5) is 13.2 Å². The molecule has 222 valence electrons. The number of carbonyl (C=O) groups is 2. The van der Waals surface area contributed by atoms with Gasteiger partial charge in [-0.3, -0.25) is 9.59 Å². The van der Waals surface area contributed by atoms with Crippen LogP contribution in [0.2, 0.25) is 5.15 Å². The summed E-state index contributed by atoms with van der Waals surface area (Å²) in [4.78, 5) is 28.7. The van der Waals surface area contributed by atoms with Crippen LogP contribution in [0.15, 0.2) is 24.3 Å². The second-order valence-electron chi connectivity index (χ2n) is 11.3. The number of Topliss-reactive ketones (excluding diaryl/α,β-unsaturated/α-hetero) is 1. The van der Waals surface area contributed by atoms with Gasteiger partial charge < -0.3 is 14.6 Å². The molecule has 2 N–H and O–H groups in total. The molecule has 2 heterocycles. The molecule has 0 saturated carbocycles. The number of ketones is 2. The largest absolute Gasteiger partial charge is 0.496 e.